The Morgan fingerprint density at radius 3 is 2.68 bits per heavy atom. The number of hydrogen-bond donors (Lipinski definition) is 1. The van der Waals surface area contributed by atoms with Crippen molar-refractivity contribution in [3.8, 4) is 5.75 Å². The van der Waals surface area contributed by atoms with Gasteiger partial charge >= 0.3 is 0 Å². The van der Waals surface area contributed by atoms with Gasteiger partial charge in [-0.1, -0.05) is 12.1 Å². The monoisotopic (exact) mass is 425 g/mol. The first-order chi connectivity index (χ1) is 14.9. The van der Waals surface area contributed by atoms with Crippen LogP contribution in [0, 0.1) is 5.82 Å². The molecule has 4 heterocycles. The lowest BCUT2D eigenvalue weighted by molar-refractivity contribution is -0.0211. The van der Waals surface area contributed by atoms with Gasteiger partial charge in [0.1, 0.15) is 12.0 Å². The Bertz CT molecular complexity index is 1110. The summed E-state index contributed by atoms with van der Waals surface area (Å²) in [7, 11) is 0. The zero-order chi connectivity index (χ0) is 21.7. The van der Waals surface area contributed by atoms with E-state index in [1.165, 1.54) is 18.3 Å². The average molecular weight is 425 g/mol. The summed E-state index contributed by atoms with van der Waals surface area (Å²) in [6, 6.07) is 6.31. The second-order valence-corrected chi connectivity index (χ2v) is 8.57. The highest BCUT2D eigenvalue weighted by atomic mass is 19.1. The van der Waals surface area contributed by atoms with Crippen molar-refractivity contribution in [2.24, 2.45) is 0 Å². The molecular formula is C23H24FN3O4. The number of fused-ring (bicyclic) bond motifs is 4. The van der Waals surface area contributed by atoms with E-state index in [1.54, 1.807) is 21.6 Å². The van der Waals surface area contributed by atoms with Crippen molar-refractivity contribution in [1.29, 1.82) is 0 Å². The topological polar surface area (TPSA) is 82.8 Å². The first-order valence-electron chi connectivity index (χ1n) is 10.7. The smallest absolute Gasteiger partial charge is 0.275 e. The maximum Gasteiger partial charge on any atom is 0.275 e. The minimum absolute atomic E-state index is 0.0334. The third-order valence-electron chi connectivity index (χ3n) is 6.80. The lowest BCUT2D eigenvalue weighted by atomic mass is 10.0. The molecule has 3 aliphatic rings. The molecular weight excluding hydrogens is 401 g/mol. The van der Waals surface area contributed by atoms with Gasteiger partial charge in [0.15, 0.2) is 17.2 Å². The summed E-state index contributed by atoms with van der Waals surface area (Å²) in [6.45, 7) is 1.95. The molecule has 0 saturated carbocycles. The standard InChI is InChI=1S/C23H24FN3O4/c24-15-6-3-14(4-7-15)5-8-18(28)17-12-25-13-19-26-10-1-2-16(26)9-11-27(19)23(31)20(25)22(30)21(17)29/h3-4,6-7,12,16,19,30H,1-2,5,8-11,13H2/t16-,19+/m1/s1. The molecule has 0 bridgehead atoms. The summed E-state index contributed by atoms with van der Waals surface area (Å²) in [5, 5.41) is 10.5. The van der Waals surface area contributed by atoms with Gasteiger partial charge in [-0.3, -0.25) is 19.3 Å². The van der Waals surface area contributed by atoms with E-state index < -0.39 is 17.0 Å². The zero-order valence-corrected chi connectivity index (χ0v) is 17.1. The Kier molecular flexibility index (Phi) is 4.89. The van der Waals surface area contributed by atoms with Crippen LogP contribution in [0.2, 0.25) is 0 Å². The SMILES string of the molecule is O=C(CCc1ccc(F)cc1)c1cn2c(c(O)c1=O)C(=O)N1CC[C@H]3CCCN3[C@@H]1C2. The third-order valence-corrected chi connectivity index (χ3v) is 6.80. The molecule has 0 unspecified atom stereocenters. The van der Waals surface area contributed by atoms with Crippen LogP contribution in [-0.2, 0) is 13.0 Å². The quantitative estimate of drug-likeness (QED) is 0.759. The second-order valence-electron chi connectivity index (χ2n) is 8.57. The molecule has 1 aromatic carbocycles. The number of carbonyl (C=O) groups is 2. The van der Waals surface area contributed by atoms with E-state index in [1.807, 2.05) is 0 Å². The molecule has 2 saturated heterocycles. The molecule has 31 heavy (non-hydrogen) atoms. The van der Waals surface area contributed by atoms with Crippen LogP contribution in [0.25, 0.3) is 0 Å². The normalized spacial score (nSPS) is 22.7. The molecule has 1 amide bonds. The average Bonchev–Trinajstić information content (AvgIpc) is 3.25. The molecule has 2 atom stereocenters. The number of pyridine rings is 1. The maximum absolute atomic E-state index is 13.1. The Hall–Kier alpha value is -3.00. The number of amides is 1. The van der Waals surface area contributed by atoms with Gasteiger partial charge in [-0.15, -0.1) is 0 Å². The minimum Gasteiger partial charge on any atom is -0.503 e. The molecule has 2 fully saturated rings. The zero-order valence-electron chi connectivity index (χ0n) is 17.1. The van der Waals surface area contributed by atoms with Gasteiger partial charge in [-0.25, -0.2) is 4.39 Å². The van der Waals surface area contributed by atoms with Crippen LogP contribution in [0.1, 0.15) is 52.1 Å². The number of aromatic hydroxyl groups is 1. The minimum atomic E-state index is -0.807. The molecule has 162 valence electrons. The van der Waals surface area contributed by atoms with Crippen molar-refractivity contribution >= 4 is 11.7 Å². The number of ketones is 1. The van der Waals surface area contributed by atoms with E-state index in [9.17, 15) is 23.9 Å². The Morgan fingerprint density at radius 2 is 1.90 bits per heavy atom. The molecule has 5 rings (SSSR count). The Morgan fingerprint density at radius 1 is 1.13 bits per heavy atom. The fraction of sp³-hybridized carbons (Fsp3) is 0.435. The number of aryl methyl sites for hydroxylation is 1. The van der Waals surface area contributed by atoms with Crippen LogP contribution < -0.4 is 5.43 Å². The number of rotatable bonds is 4. The molecule has 0 radical (unpaired) electrons. The largest absolute Gasteiger partial charge is 0.503 e. The summed E-state index contributed by atoms with van der Waals surface area (Å²) >= 11 is 0. The first kappa shape index (κ1) is 19.9. The summed E-state index contributed by atoms with van der Waals surface area (Å²) in [4.78, 5) is 42.7. The number of carbonyl (C=O) groups excluding carboxylic acids is 2. The van der Waals surface area contributed by atoms with Gasteiger partial charge in [-0.2, -0.15) is 0 Å². The van der Waals surface area contributed by atoms with Crippen molar-refractivity contribution in [2.45, 2.75) is 50.9 Å². The number of aromatic nitrogens is 1. The van der Waals surface area contributed by atoms with Crippen molar-refractivity contribution in [3.05, 3.63) is 63.3 Å². The fourth-order valence-electron chi connectivity index (χ4n) is 5.19. The number of Topliss-reactive ketones (excluding diaryl/α,β-unsaturated/α-hetero) is 1. The summed E-state index contributed by atoms with van der Waals surface area (Å²) < 4.78 is 14.6. The van der Waals surface area contributed by atoms with Crippen LogP contribution in [0.5, 0.6) is 5.75 Å². The van der Waals surface area contributed by atoms with Gasteiger partial charge in [0.05, 0.1) is 12.1 Å². The van der Waals surface area contributed by atoms with E-state index in [0.29, 0.717) is 25.6 Å². The molecule has 0 spiro atoms. The first-order valence-corrected chi connectivity index (χ1v) is 10.7. The second kappa shape index (κ2) is 7.60. The van der Waals surface area contributed by atoms with Gasteiger partial charge in [0, 0.05) is 31.7 Å². The highest BCUT2D eigenvalue weighted by Crippen LogP contribution is 2.34. The Labute approximate surface area is 178 Å². The van der Waals surface area contributed by atoms with E-state index >= 15 is 0 Å². The van der Waals surface area contributed by atoms with Gasteiger partial charge < -0.3 is 14.6 Å². The van der Waals surface area contributed by atoms with Gasteiger partial charge in [0.2, 0.25) is 5.43 Å². The molecule has 1 aromatic heterocycles. The summed E-state index contributed by atoms with van der Waals surface area (Å²) in [6.07, 6.45) is 4.83. The lowest BCUT2D eigenvalue weighted by Gasteiger charge is -2.48. The maximum atomic E-state index is 13.1. The van der Waals surface area contributed by atoms with Crippen LogP contribution in [0.15, 0.2) is 35.3 Å². The number of nitrogens with zero attached hydrogens (tertiary/aromatic N) is 3. The van der Waals surface area contributed by atoms with E-state index in [0.717, 1.165) is 31.4 Å². The Balaban J connectivity index is 1.43. The molecule has 7 nitrogen and oxygen atoms in total. The highest BCUT2D eigenvalue weighted by Gasteiger charge is 2.45. The number of hydrogen-bond acceptors (Lipinski definition) is 5. The van der Waals surface area contributed by atoms with Crippen LogP contribution in [-0.4, -0.2) is 56.5 Å². The number of benzene rings is 1. The molecule has 0 aliphatic carbocycles. The third kappa shape index (κ3) is 3.35. The summed E-state index contributed by atoms with van der Waals surface area (Å²) in [5.74, 6) is -1.77. The predicted molar refractivity (Wildman–Crippen MR) is 111 cm³/mol. The van der Waals surface area contributed by atoms with E-state index in [4.69, 9.17) is 0 Å². The molecule has 2 aromatic rings. The van der Waals surface area contributed by atoms with E-state index in [2.05, 4.69) is 4.90 Å². The lowest BCUT2D eigenvalue weighted by Crippen LogP contribution is -2.62. The van der Waals surface area contributed by atoms with Crippen molar-refractivity contribution in [3.63, 3.8) is 0 Å². The number of halogens is 1. The molecule has 1 N–H and O–H groups in total. The van der Waals surface area contributed by atoms with Crippen molar-refractivity contribution in [2.75, 3.05) is 13.1 Å². The predicted octanol–water partition coefficient (Wildman–Crippen LogP) is 2.16. The van der Waals surface area contributed by atoms with Crippen molar-refractivity contribution in [1.82, 2.24) is 14.4 Å². The van der Waals surface area contributed by atoms with Gasteiger partial charge in [-0.05, 0) is 43.4 Å². The molecule has 3 aliphatic heterocycles. The van der Waals surface area contributed by atoms with Crippen LogP contribution in [0.3, 0.4) is 0 Å². The van der Waals surface area contributed by atoms with Crippen LogP contribution in [0.4, 0.5) is 4.39 Å². The summed E-state index contributed by atoms with van der Waals surface area (Å²) in [5.41, 5.74) is -0.171. The fourth-order valence-corrected chi connectivity index (χ4v) is 5.19. The highest BCUT2D eigenvalue weighted by molar-refractivity contribution is 6.00. The van der Waals surface area contributed by atoms with Crippen molar-refractivity contribution < 1.29 is 19.1 Å². The van der Waals surface area contributed by atoms with Gasteiger partial charge in [0.25, 0.3) is 5.91 Å². The van der Waals surface area contributed by atoms with E-state index in [-0.39, 0.29) is 35.6 Å². The van der Waals surface area contributed by atoms with Crippen LogP contribution >= 0.6 is 0 Å². The molecule has 8 heteroatoms.